The molecule has 0 amide bonds. The van der Waals surface area contributed by atoms with E-state index in [-0.39, 0.29) is 11.5 Å². The molecule has 2 rings (SSSR count). The fourth-order valence-corrected chi connectivity index (χ4v) is 1.96. The van der Waals surface area contributed by atoms with Crippen molar-refractivity contribution in [2.45, 2.75) is 32.3 Å². The lowest BCUT2D eigenvalue weighted by atomic mass is 10.0. The summed E-state index contributed by atoms with van der Waals surface area (Å²) in [6.07, 6.45) is 3.07. The topological polar surface area (TPSA) is 26.3 Å². The Kier molecular flexibility index (Phi) is 3.17. The van der Waals surface area contributed by atoms with Gasteiger partial charge in [0, 0.05) is 12.0 Å². The third-order valence-electron chi connectivity index (χ3n) is 2.70. The molecule has 0 aliphatic heterocycles. The summed E-state index contributed by atoms with van der Waals surface area (Å²) in [5, 5.41) is 0. The lowest BCUT2D eigenvalue weighted by Crippen LogP contribution is -2.04. The van der Waals surface area contributed by atoms with Crippen LogP contribution < -0.4 is 4.74 Å². The smallest absolute Gasteiger partial charge is 0.387 e. The molecule has 4 heteroatoms. The van der Waals surface area contributed by atoms with Gasteiger partial charge in [-0.3, -0.25) is 4.79 Å². The number of carbonyl (C=O) groups excluding carboxylic acids is 1. The second kappa shape index (κ2) is 4.60. The van der Waals surface area contributed by atoms with E-state index >= 15 is 0 Å². The highest BCUT2D eigenvalue weighted by Gasteiger charge is 2.16. The highest BCUT2D eigenvalue weighted by Crippen LogP contribution is 2.25. The number of carbonyl (C=O) groups is 1. The molecule has 2 nitrogen and oxygen atoms in total. The molecule has 0 spiro atoms. The minimum absolute atomic E-state index is 0.0936. The molecule has 0 heterocycles. The first-order valence-electron chi connectivity index (χ1n) is 5.28. The van der Waals surface area contributed by atoms with Crippen molar-refractivity contribution in [2.75, 3.05) is 0 Å². The van der Waals surface area contributed by atoms with Crippen molar-refractivity contribution in [3.63, 3.8) is 0 Å². The molecule has 0 unspecified atom stereocenters. The molecule has 0 N–H and O–H groups in total. The first-order valence-corrected chi connectivity index (χ1v) is 5.28. The van der Waals surface area contributed by atoms with Crippen LogP contribution in [0.4, 0.5) is 8.78 Å². The second-order valence-electron chi connectivity index (χ2n) is 3.83. The highest BCUT2D eigenvalue weighted by molar-refractivity contribution is 5.97. The van der Waals surface area contributed by atoms with Crippen LogP contribution in [-0.4, -0.2) is 12.4 Å². The minimum Gasteiger partial charge on any atom is -0.435 e. The molecule has 1 aliphatic rings. The molecule has 1 aromatic carbocycles. The molecule has 16 heavy (non-hydrogen) atoms. The van der Waals surface area contributed by atoms with E-state index < -0.39 is 6.61 Å². The van der Waals surface area contributed by atoms with E-state index in [0.29, 0.717) is 12.0 Å². The Labute approximate surface area is 92.2 Å². The summed E-state index contributed by atoms with van der Waals surface area (Å²) in [5.41, 5.74) is 1.47. The van der Waals surface area contributed by atoms with E-state index in [0.717, 1.165) is 24.8 Å². The monoisotopic (exact) mass is 226 g/mol. The van der Waals surface area contributed by atoms with Gasteiger partial charge in [-0.1, -0.05) is 0 Å². The molecule has 0 bridgehead atoms. The molecule has 0 radical (unpaired) electrons. The molecule has 0 atom stereocenters. The molecule has 1 aromatic rings. The largest absolute Gasteiger partial charge is 0.435 e. The number of aryl methyl sites for hydroxylation is 1. The van der Waals surface area contributed by atoms with Gasteiger partial charge >= 0.3 is 6.61 Å². The lowest BCUT2D eigenvalue weighted by molar-refractivity contribution is -0.0498. The number of hydrogen-bond donors (Lipinski definition) is 0. The third kappa shape index (κ3) is 2.38. The quantitative estimate of drug-likeness (QED) is 0.724. The van der Waals surface area contributed by atoms with Crippen LogP contribution in [0.5, 0.6) is 5.75 Å². The van der Waals surface area contributed by atoms with E-state index in [4.69, 9.17) is 0 Å². The Morgan fingerprint density at radius 2 is 1.94 bits per heavy atom. The van der Waals surface area contributed by atoms with Gasteiger partial charge in [-0.15, -0.1) is 0 Å². The number of rotatable bonds is 2. The Morgan fingerprint density at radius 1 is 1.19 bits per heavy atom. The van der Waals surface area contributed by atoms with E-state index in [1.165, 1.54) is 6.07 Å². The molecule has 1 aliphatic carbocycles. The SMILES string of the molecule is O=C1CCCCc2cc(OC(F)F)ccc21. The average Bonchev–Trinajstić information content (AvgIpc) is 2.40. The lowest BCUT2D eigenvalue weighted by Gasteiger charge is -2.08. The van der Waals surface area contributed by atoms with Crippen molar-refractivity contribution in [1.29, 1.82) is 0 Å². The second-order valence-corrected chi connectivity index (χ2v) is 3.83. The summed E-state index contributed by atoms with van der Waals surface area (Å²) in [6, 6.07) is 4.56. The van der Waals surface area contributed by atoms with Gasteiger partial charge in [-0.25, -0.2) is 0 Å². The zero-order valence-corrected chi connectivity index (χ0v) is 8.71. The first-order chi connectivity index (χ1) is 7.66. The summed E-state index contributed by atoms with van der Waals surface area (Å²) in [5.74, 6) is 0.222. The zero-order chi connectivity index (χ0) is 11.5. The van der Waals surface area contributed by atoms with Crippen LogP contribution in [0.15, 0.2) is 18.2 Å². The number of fused-ring (bicyclic) bond motifs is 1. The Balaban J connectivity index is 2.30. The summed E-state index contributed by atoms with van der Waals surface area (Å²) in [4.78, 5) is 11.7. The van der Waals surface area contributed by atoms with Crippen LogP contribution in [0.3, 0.4) is 0 Å². The minimum atomic E-state index is -2.82. The Bertz CT molecular complexity index is 402. The Hall–Kier alpha value is -1.45. The van der Waals surface area contributed by atoms with Crippen LogP contribution in [0.25, 0.3) is 0 Å². The molecular formula is C12H12F2O2. The van der Waals surface area contributed by atoms with Crippen molar-refractivity contribution in [3.05, 3.63) is 29.3 Å². The van der Waals surface area contributed by atoms with Gasteiger partial charge in [-0.2, -0.15) is 8.78 Å². The summed E-state index contributed by atoms with van der Waals surface area (Å²) >= 11 is 0. The van der Waals surface area contributed by atoms with Crippen LogP contribution in [0.1, 0.15) is 35.2 Å². The number of Topliss-reactive ketones (excluding diaryl/α,β-unsaturated/α-hetero) is 1. The van der Waals surface area contributed by atoms with Gasteiger partial charge in [0.2, 0.25) is 0 Å². The maximum atomic E-state index is 12.0. The number of halogens is 2. The zero-order valence-electron chi connectivity index (χ0n) is 8.71. The standard InChI is InChI=1S/C12H12F2O2/c13-12(14)16-9-5-6-10-8(7-9)3-1-2-4-11(10)15/h5-7,12H,1-4H2. The van der Waals surface area contributed by atoms with Crippen LogP contribution in [0, 0.1) is 0 Å². The molecule has 0 saturated heterocycles. The molecule has 86 valence electrons. The number of alkyl halides is 2. The van der Waals surface area contributed by atoms with Gasteiger partial charge in [0.25, 0.3) is 0 Å². The van der Waals surface area contributed by atoms with Crippen molar-refractivity contribution in [1.82, 2.24) is 0 Å². The van der Waals surface area contributed by atoms with Gasteiger partial charge in [0.1, 0.15) is 5.75 Å². The Morgan fingerprint density at radius 3 is 2.69 bits per heavy atom. The van der Waals surface area contributed by atoms with Crippen LogP contribution in [-0.2, 0) is 6.42 Å². The van der Waals surface area contributed by atoms with E-state index in [1.54, 1.807) is 12.1 Å². The summed E-state index contributed by atoms with van der Waals surface area (Å²) in [6.45, 7) is -2.82. The maximum Gasteiger partial charge on any atom is 0.387 e. The normalized spacial score (nSPS) is 15.8. The maximum absolute atomic E-state index is 12.0. The van der Waals surface area contributed by atoms with E-state index in [9.17, 15) is 13.6 Å². The van der Waals surface area contributed by atoms with Crippen LogP contribution >= 0.6 is 0 Å². The molecule has 0 fully saturated rings. The van der Waals surface area contributed by atoms with Gasteiger partial charge in [0.15, 0.2) is 5.78 Å². The number of ketones is 1. The van der Waals surface area contributed by atoms with Crippen molar-refractivity contribution >= 4 is 5.78 Å². The fraction of sp³-hybridized carbons (Fsp3) is 0.417. The third-order valence-corrected chi connectivity index (χ3v) is 2.70. The molecular weight excluding hydrogens is 214 g/mol. The van der Waals surface area contributed by atoms with Gasteiger partial charge < -0.3 is 4.74 Å². The number of benzene rings is 1. The highest BCUT2D eigenvalue weighted by atomic mass is 19.3. The predicted octanol–water partition coefficient (Wildman–Crippen LogP) is 3.20. The van der Waals surface area contributed by atoms with Crippen molar-refractivity contribution < 1.29 is 18.3 Å². The van der Waals surface area contributed by atoms with Gasteiger partial charge in [0.05, 0.1) is 0 Å². The number of hydrogen-bond acceptors (Lipinski definition) is 2. The van der Waals surface area contributed by atoms with Gasteiger partial charge in [-0.05, 0) is 43.0 Å². The number of ether oxygens (including phenoxy) is 1. The predicted molar refractivity (Wildman–Crippen MR) is 55.0 cm³/mol. The first kappa shape index (κ1) is 11.0. The van der Waals surface area contributed by atoms with Crippen molar-refractivity contribution in [2.24, 2.45) is 0 Å². The summed E-state index contributed by atoms with van der Waals surface area (Å²) < 4.78 is 28.4. The molecule has 0 aromatic heterocycles. The summed E-state index contributed by atoms with van der Waals surface area (Å²) in [7, 11) is 0. The van der Waals surface area contributed by atoms with E-state index in [2.05, 4.69) is 4.74 Å². The van der Waals surface area contributed by atoms with Crippen LogP contribution in [0.2, 0.25) is 0 Å². The van der Waals surface area contributed by atoms with E-state index in [1.807, 2.05) is 0 Å². The average molecular weight is 226 g/mol. The van der Waals surface area contributed by atoms with Crippen molar-refractivity contribution in [3.8, 4) is 5.75 Å². The molecule has 0 saturated carbocycles. The fourth-order valence-electron chi connectivity index (χ4n) is 1.96.